The molecule has 1 saturated heterocycles. The molecule has 0 bridgehead atoms. The van der Waals surface area contributed by atoms with Gasteiger partial charge in [-0.15, -0.1) is 0 Å². The molecule has 5 rings (SSSR count). The smallest absolute Gasteiger partial charge is 0.256 e. The first-order valence-electron chi connectivity index (χ1n) is 11.7. The van der Waals surface area contributed by atoms with E-state index in [1.165, 1.54) is 0 Å². The highest BCUT2D eigenvalue weighted by Gasteiger charge is 2.24. The molecule has 2 amide bonds. The van der Waals surface area contributed by atoms with E-state index in [-0.39, 0.29) is 11.8 Å². The van der Waals surface area contributed by atoms with E-state index in [0.29, 0.717) is 16.8 Å². The van der Waals surface area contributed by atoms with Gasteiger partial charge in [0.25, 0.3) is 11.8 Å². The Morgan fingerprint density at radius 1 is 0.853 bits per heavy atom. The summed E-state index contributed by atoms with van der Waals surface area (Å²) in [5.74, 6) is -0.284. The summed E-state index contributed by atoms with van der Waals surface area (Å²) in [7, 11) is 0. The molecule has 0 unspecified atom stereocenters. The summed E-state index contributed by atoms with van der Waals surface area (Å²) >= 11 is 0. The van der Waals surface area contributed by atoms with Gasteiger partial charge in [0.15, 0.2) is 0 Å². The molecular formula is C29H27N3O2. The van der Waals surface area contributed by atoms with Crippen molar-refractivity contribution in [3.05, 3.63) is 95.1 Å². The Balaban J connectivity index is 1.56. The highest BCUT2D eigenvalue weighted by Crippen LogP contribution is 2.28. The average molecular weight is 450 g/mol. The van der Waals surface area contributed by atoms with Crippen molar-refractivity contribution in [1.29, 1.82) is 0 Å². The number of aromatic nitrogens is 1. The molecule has 4 aromatic rings. The number of rotatable bonds is 4. The second kappa shape index (κ2) is 9.10. The van der Waals surface area contributed by atoms with E-state index >= 15 is 0 Å². The topological polar surface area (TPSA) is 62.3 Å². The molecule has 0 atom stereocenters. The van der Waals surface area contributed by atoms with Gasteiger partial charge in [-0.2, -0.15) is 0 Å². The average Bonchev–Trinajstić information content (AvgIpc) is 3.39. The minimum absolute atomic E-state index is 0.0311. The number of anilines is 1. The fourth-order valence-corrected chi connectivity index (χ4v) is 4.52. The summed E-state index contributed by atoms with van der Waals surface area (Å²) in [4.78, 5) is 33.5. The molecule has 1 N–H and O–H groups in total. The number of para-hydroxylation sites is 2. The van der Waals surface area contributed by atoms with Crippen LogP contribution in [0.2, 0.25) is 0 Å². The standard InChI is InChI=1S/C29H27N3O2/c1-19-12-14-21(15-13-19)26-18-24(22-9-3-4-11-25(22)30-26)28(33)31-27-20(2)8-7-10-23(27)29(34)32-16-5-6-17-32/h3-4,7-15,18H,5-6,16-17H2,1-2H3,(H,31,33). The third-order valence-electron chi connectivity index (χ3n) is 6.44. The van der Waals surface area contributed by atoms with Gasteiger partial charge in [-0.05, 0) is 50.5 Å². The van der Waals surface area contributed by atoms with Gasteiger partial charge in [0, 0.05) is 24.0 Å². The molecule has 34 heavy (non-hydrogen) atoms. The Labute approximate surface area is 199 Å². The van der Waals surface area contributed by atoms with E-state index in [2.05, 4.69) is 5.32 Å². The lowest BCUT2D eigenvalue weighted by Gasteiger charge is -2.19. The van der Waals surface area contributed by atoms with Crippen LogP contribution in [0.25, 0.3) is 22.2 Å². The SMILES string of the molecule is Cc1ccc(-c2cc(C(=O)Nc3c(C)cccc3C(=O)N3CCCC3)c3ccccc3n2)cc1. The Morgan fingerprint density at radius 3 is 2.35 bits per heavy atom. The van der Waals surface area contributed by atoms with Gasteiger partial charge < -0.3 is 10.2 Å². The number of hydrogen-bond donors (Lipinski definition) is 1. The molecule has 5 heteroatoms. The fraction of sp³-hybridized carbons (Fsp3) is 0.207. The minimum Gasteiger partial charge on any atom is -0.339 e. The van der Waals surface area contributed by atoms with Crippen LogP contribution in [0, 0.1) is 13.8 Å². The van der Waals surface area contributed by atoms with Gasteiger partial charge in [-0.25, -0.2) is 4.98 Å². The number of hydrogen-bond acceptors (Lipinski definition) is 3. The zero-order chi connectivity index (χ0) is 23.7. The van der Waals surface area contributed by atoms with Crippen LogP contribution in [0.4, 0.5) is 5.69 Å². The first-order valence-corrected chi connectivity index (χ1v) is 11.7. The number of nitrogens with one attached hydrogen (secondary N) is 1. The van der Waals surface area contributed by atoms with Crippen LogP contribution in [0.15, 0.2) is 72.8 Å². The number of aryl methyl sites for hydroxylation is 2. The lowest BCUT2D eigenvalue weighted by atomic mass is 10.0. The minimum atomic E-state index is -0.253. The van der Waals surface area contributed by atoms with Crippen LogP contribution >= 0.6 is 0 Å². The third kappa shape index (κ3) is 4.17. The van der Waals surface area contributed by atoms with Crippen molar-refractivity contribution < 1.29 is 9.59 Å². The summed E-state index contributed by atoms with van der Waals surface area (Å²) in [5.41, 5.74) is 6.10. The van der Waals surface area contributed by atoms with Crippen molar-refractivity contribution in [2.75, 3.05) is 18.4 Å². The van der Waals surface area contributed by atoms with Gasteiger partial charge in [0.2, 0.25) is 0 Å². The molecule has 1 aliphatic rings. The molecule has 0 saturated carbocycles. The molecule has 1 aromatic heterocycles. The van der Waals surface area contributed by atoms with E-state index in [0.717, 1.165) is 59.2 Å². The predicted molar refractivity (Wildman–Crippen MR) is 136 cm³/mol. The van der Waals surface area contributed by atoms with Crippen LogP contribution in [0.5, 0.6) is 0 Å². The summed E-state index contributed by atoms with van der Waals surface area (Å²) in [6.07, 6.45) is 2.04. The summed E-state index contributed by atoms with van der Waals surface area (Å²) in [6, 6.07) is 23.2. The molecule has 0 spiro atoms. The zero-order valence-electron chi connectivity index (χ0n) is 19.5. The molecular weight excluding hydrogens is 422 g/mol. The van der Waals surface area contributed by atoms with Crippen molar-refractivity contribution in [2.45, 2.75) is 26.7 Å². The van der Waals surface area contributed by atoms with E-state index in [1.807, 2.05) is 85.5 Å². The van der Waals surface area contributed by atoms with Gasteiger partial charge >= 0.3 is 0 Å². The van der Waals surface area contributed by atoms with Crippen molar-refractivity contribution in [2.24, 2.45) is 0 Å². The Morgan fingerprint density at radius 2 is 1.59 bits per heavy atom. The van der Waals surface area contributed by atoms with E-state index in [1.54, 1.807) is 6.07 Å². The summed E-state index contributed by atoms with van der Waals surface area (Å²) in [5, 5.41) is 3.84. The highest BCUT2D eigenvalue weighted by atomic mass is 16.2. The summed E-state index contributed by atoms with van der Waals surface area (Å²) in [6.45, 7) is 5.47. The number of carbonyl (C=O) groups is 2. The van der Waals surface area contributed by atoms with Crippen molar-refractivity contribution in [3.8, 4) is 11.3 Å². The Kier molecular flexibility index (Phi) is 5.84. The van der Waals surface area contributed by atoms with E-state index in [4.69, 9.17) is 4.98 Å². The molecule has 3 aromatic carbocycles. The number of fused-ring (bicyclic) bond motifs is 1. The van der Waals surface area contributed by atoms with Crippen molar-refractivity contribution in [1.82, 2.24) is 9.88 Å². The molecule has 0 radical (unpaired) electrons. The lowest BCUT2D eigenvalue weighted by molar-refractivity contribution is 0.0793. The number of benzene rings is 3. The zero-order valence-corrected chi connectivity index (χ0v) is 19.5. The third-order valence-corrected chi connectivity index (χ3v) is 6.44. The first kappa shape index (κ1) is 21.8. The normalized spacial score (nSPS) is 13.3. The van der Waals surface area contributed by atoms with Gasteiger partial charge in [0.05, 0.1) is 28.0 Å². The maximum Gasteiger partial charge on any atom is 0.256 e. The number of amides is 2. The predicted octanol–water partition coefficient (Wildman–Crippen LogP) is 6.01. The van der Waals surface area contributed by atoms with Crippen LogP contribution in [0.3, 0.4) is 0 Å². The van der Waals surface area contributed by atoms with Crippen molar-refractivity contribution >= 4 is 28.4 Å². The van der Waals surface area contributed by atoms with Crippen LogP contribution in [-0.2, 0) is 0 Å². The highest BCUT2D eigenvalue weighted by molar-refractivity contribution is 6.15. The quantitative estimate of drug-likeness (QED) is 0.415. The van der Waals surface area contributed by atoms with E-state index < -0.39 is 0 Å². The molecule has 1 fully saturated rings. The Bertz CT molecular complexity index is 1390. The number of pyridine rings is 1. The molecule has 5 nitrogen and oxygen atoms in total. The van der Waals surface area contributed by atoms with Crippen LogP contribution < -0.4 is 5.32 Å². The Hall–Kier alpha value is -3.99. The molecule has 2 heterocycles. The molecule has 1 aliphatic heterocycles. The van der Waals surface area contributed by atoms with Crippen molar-refractivity contribution in [3.63, 3.8) is 0 Å². The largest absolute Gasteiger partial charge is 0.339 e. The van der Waals surface area contributed by atoms with Gasteiger partial charge in [-0.1, -0.05) is 60.2 Å². The fourth-order valence-electron chi connectivity index (χ4n) is 4.52. The second-order valence-corrected chi connectivity index (χ2v) is 8.89. The molecule has 0 aliphatic carbocycles. The second-order valence-electron chi connectivity index (χ2n) is 8.89. The maximum absolute atomic E-state index is 13.7. The van der Waals surface area contributed by atoms with Crippen LogP contribution in [-0.4, -0.2) is 34.8 Å². The first-order chi connectivity index (χ1) is 16.5. The number of nitrogens with zero attached hydrogens (tertiary/aromatic N) is 2. The summed E-state index contributed by atoms with van der Waals surface area (Å²) < 4.78 is 0. The number of likely N-dealkylation sites (tertiary alicyclic amines) is 1. The van der Waals surface area contributed by atoms with Gasteiger partial charge in [0.1, 0.15) is 0 Å². The monoisotopic (exact) mass is 449 g/mol. The number of carbonyl (C=O) groups excluding carboxylic acids is 2. The molecule has 170 valence electrons. The van der Waals surface area contributed by atoms with E-state index in [9.17, 15) is 9.59 Å². The maximum atomic E-state index is 13.7. The van der Waals surface area contributed by atoms with Gasteiger partial charge in [-0.3, -0.25) is 9.59 Å². The lowest BCUT2D eigenvalue weighted by Crippen LogP contribution is -2.29. The van der Waals surface area contributed by atoms with Crippen LogP contribution in [0.1, 0.15) is 44.7 Å².